The molecule has 0 aliphatic heterocycles. The lowest BCUT2D eigenvalue weighted by Gasteiger charge is -2.07. The van der Waals surface area contributed by atoms with Gasteiger partial charge in [-0.15, -0.1) is 0 Å². The second-order valence-electron chi connectivity index (χ2n) is 5.88. The Hall–Kier alpha value is -2.92. The fourth-order valence-corrected chi connectivity index (χ4v) is 2.58. The van der Waals surface area contributed by atoms with Gasteiger partial charge in [-0.2, -0.15) is 5.10 Å². The standard InChI is InChI=1S/C20H21N3O2/c24-15-18-4-2-16(3-5-18)10-12-21-20(25)19-8-6-17(7-9-19)14-23-13-1-11-22-23/h1-9,11,13,24H,10,12,14-15H2,(H,21,25). The van der Waals surface area contributed by atoms with Crippen LogP contribution in [0.1, 0.15) is 27.0 Å². The minimum absolute atomic E-state index is 0.0490. The molecule has 0 atom stereocenters. The van der Waals surface area contributed by atoms with E-state index in [1.165, 1.54) is 0 Å². The molecule has 3 rings (SSSR count). The first-order valence-corrected chi connectivity index (χ1v) is 8.28. The number of hydrogen-bond acceptors (Lipinski definition) is 3. The van der Waals surface area contributed by atoms with E-state index in [4.69, 9.17) is 5.11 Å². The van der Waals surface area contributed by atoms with Gasteiger partial charge < -0.3 is 10.4 Å². The van der Waals surface area contributed by atoms with Gasteiger partial charge in [-0.3, -0.25) is 9.48 Å². The topological polar surface area (TPSA) is 67.2 Å². The molecule has 0 bridgehead atoms. The number of aromatic nitrogens is 2. The molecule has 25 heavy (non-hydrogen) atoms. The lowest BCUT2D eigenvalue weighted by molar-refractivity contribution is 0.0954. The Bertz CT molecular complexity index is 794. The molecule has 5 heteroatoms. The van der Waals surface area contributed by atoms with Crippen LogP contribution >= 0.6 is 0 Å². The summed E-state index contributed by atoms with van der Waals surface area (Å²) in [6.07, 6.45) is 4.42. The van der Waals surface area contributed by atoms with Crippen LogP contribution in [0.5, 0.6) is 0 Å². The number of nitrogens with zero attached hydrogens (tertiary/aromatic N) is 2. The predicted molar refractivity (Wildman–Crippen MR) is 96.2 cm³/mol. The minimum Gasteiger partial charge on any atom is -0.392 e. The van der Waals surface area contributed by atoms with Gasteiger partial charge >= 0.3 is 0 Å². The first kappa shape index (κ1) is 16.9. The van der Waals surface area contributed by atoms with Crippen LogP contribution in [0.3, 0.4) is 0 Å². The number of hydrogen-bond donors (Lipinski definition) is 2. The van der Waals surface area contributed by atoms with Gasteiger partial charge in [0, 0.05) is 24.5 Å². The smallest absolute Gasteiger partial charge is 0.251 e. The molecular weight excluding hydrogens is 314 g/mol. The Balaban J connectivity index is 1.49. The van der Waals surface area contributed by atoms with E-state index in [9.17, 15) is 4.79 Å². The molecule has 1 heterocycles. The number of carbonyl (C=O) groups excluding carboxylic acids is 1. The van der Waals surface area contributed by atoms with Crippen LogP contribution in [0.4, 0.5) is 0 Å². The molecular formula is C20H21N3O2. The highest BCUT2D eigenvalue weighted by molar-refractivity contribution is 5.94. The van der Waals surface area contributed by atoms with Crippen molar-refractivity contribution in [3.8, 4) is 0 Å². The molecule has 0 saturated heterocycles. The Morgan fingerprint density at radius 1 is 1.00 bits per heavy atom. The van der Waals surface area contributed by atoms with Crippen molar-refractivity contribution >= 4 is 5.91 Å². The summed E-state index contributed by atoms with van der Waals surface area (Å²) < 4.78 is 1.84. The van der Waals surface area contributed by atoms with E-state index in [-0.39, 0.29) is 12.5 Å². The summed E-state index contributed by atoms with van der Waals surface area (Å²) in [6.45, 7) is 1.32. The van der Waals surface area contributed by atoms with Gasteiger partial charge in [0.1, 0.15) is 0 Å². The monoisotopic (exact) mass is 335 g/mol. The Morgan fingerprint density at radius 3 is 2.32 bits per heavy atom. The average molecular weight is 335 g/mol. The van der Waals surface area contributed by atoms with Crippen LogP contribution in [0.2, 0.25) is 0 Å². The highest BCUT2D eigenvalue weighted by Crippen LogP contribution is 2.07. The van der Waals surface area contributed by atoms with Gasteiger partial charge in [0.05, 0.1) is 13.2 Å². The Morgan fingerprint density at radius 2 is 1.68 bits per heavy atom. The molecule has 0 fully saturated rings. The lowest BCUT2D eigenvalue weighted by atomic mass is 10.1. The molecule has 5 nitrogen and oxygen atoms in total. The van der Waals surface area contributed by atoms with Gasteiger partial charge in [-0.1, -0.05) is 36.4 Å². The molecule has 0 saturated carbocycles. The first-order valence-electron chi connectivity index (χ1n) is 8.28. The van der Waals surface area contributed by atoms with Crippen LogP contribution in [-0.4, -0.2) is 27.3 Å². The molecule has 1 aromatic heterocycles. The predicted octanol–water partition coefficient (Wildman–Crippen LogP) is 2.40. The zero-order valence-corrected chi connectivity index (χ0v) is 13.9. The summed E-state index contributed by atoms with van der Waals surface area (Å²) in [5.41, 5.74) is 3.78. The molecule has 0 radical (unpaired) electrons. The van der Waals surface area contributed by atoms with Crippen molar-refractivity contribution in [1.29, 1.82) is 0 Å². The van der Waals surface area contributed by atoms with Crippen molar-refractivity contribution in [3.05, 3.63) is 89.2 Å². The van der Waals surface area contributed by atoms with Crippen LogP contribution in [0.15, 0.2) is 67.0 Å². The van der Waals surface area contributed by atoms with Crippen LogP contribution in [0.25, 0.3) is 0 Å². The fraction of sp³-hybridized carbons (Fsp3) is 0.200. The summed E-state index contributed by atoms with van der Waals surface area (Å²) in [5, 5.41) is 16.1. The van der Waals surface area contributed by atoms with Crippen molar-refractivity contribution in [2.24, 2.45) is 0 Å². The van der Waals surface area contributed by atoms with E-state index in [0.29, 0.717) is 18.7 Å². The third kappa shape index (κ3) is 4.78. The molecule has 0 unspecified atom stereocenters. The van der Waals surface area contributed by atoms with Crippen molar-refractivity contribution in [2.75, 3.05) is 6.54 Å². The first-order chi connectivity index (χ1) is 12.2. The van der Waals surface area contributed by atoms with Crippen molar-refractivity contribution in [1.82, 2.24) is 15.1 Å². The van der Waals surface area contributed by atoms with E-state index in [0.717, 1.165) is 23.1 Å². The van der Waals surface area contributed by atoms with Gasteiger partial charge in [0.25, 0.3) is 5.91 Å². The van der Waals surface area contributed by atoms with E-state index in [1.54, 1.807) is 6.20 Å². The zero-order chi connectivity index (χ0) is 17.5. The summed E-state index contributed by atoms with van der Waals surface area (Å²) in [4.78, 5) is 12.2. The van der Waals surface area contributed by atoms with Crippen molar-refractivity contribution < 1.29 is 9.90 Å². The van der Waals surface area contributed by atoms with Gasteiger partial charge in [-0.25, -0.2) is 0 Å². The van der Waals surface area contributed by atoms with Crippen molar-refractivity contribution in [3.63, 3.8) is 0 Å². The number of carbonyl (C=O) groups is 1. The summed E-state index contributed by atoms with van der Waals surface area (Å²) in [7, 11) is 0. The summed E-state index contributed by atoms with van der Waals surface area (Å²) in [6, 6.07) is 17.2. The zero-order valence-electron chi connectivity index (χ0n) is 13.9. The maximum Gasteiger partial charge on any atom is 0.251 e. The van der Waals surface area contributed by atoms with Crippen LogP contribution in [0, 0.1) is 0 Å². The number of nitrogens with one attached hydrogen (secondary N) is 1. The third-order valence-electron chi connectivity index (χ3n) is 4.02. The molecule has 3 aromatic rings. The molecule has 2 N–H and O–H groups in total. The van der Waals surface area contributed by atoms with Gasteiger partial charge in [0.15, 0.2) is 0 Å². The van der Waals surface area contributed by atoms with Crippen molar-refractivity contribution in [2.45, 2.75) is 19.6 Å². The third-order valence-corrected chi connectivity index (χ3v) is 4.02. The minimum atomic E-state index is -0.0717. The molecule has 1 amide bonds. The number of benzene rings is 2. The second kappa shape index (κ2) is 8.26. The molecule has 0 aliphatic carbocycles. The molecule has 128 valence electrons. The molecule has 0 spiro atoms. The number of aliphatic hydroxyl groups excluding tert-OH is 1. The highest BCUT2D eigenvalue weighted by atomic mass is 16.3. The number of aliphatic hydroxyl groups is 1. The van der Waals surface area contributed by atoms with E-state index >= 15 is 0 Å². The maximum atomic E-state index is 12.2. The second-order valence-corrected chi connectivity index (χ2v) is 5.88. The SMILES string of the molecule is O=C(NCCc1ccc(CO)cc1)c1ccc(Cn2cccn2)cc1. The molecule has 2 aromatic carbocycles. The normalized spacial score (nSPS) is 10.6. The Kier molecular flexibility index (Phi) is 5.59. The average Bonchev–Trinajstić information content (AvgIpc) is 3.16. The van der Waals surface area contributed by atoms with Crippen LogP contribution < -0.4 is 5.32 Å². The molecule has 0 aliphatic rings. The van der Waals surface area contributed by atoms with E-state index in [1.807, 2.05) is 65.5 Å². The summed E-state index contributed by atoms with van der Waals surface area (Å²) >= 11 is 0. The van der Waals surface area contributed by atoms with E-state index in [2.05, 4.69) is 10.4 Å². The number of rotatable bonds is 7. The van der Waals surface area contributed by atoms with E-state index < -0.39 is 0 Å². The highest BCUT2D eigenvalue weighted by Gasteiger charge is 2.05. The fourth-order valence-electron chi connectivity index (χ4n) is 2.58. The largest absolute Gasteiger partial charge is 0.392 e. The van der Waals surface area contributed by atoms with Gasteiger partial charge in [0.2, 0.25) is 0 Å². The Labute approximate surface area is 146 Å². The quantitative estimate of drug-likeness (QED) is 0.697. The van der Waals surface area contributed by atoms with Crippen LogP contribution in [-0.2, 0) is 19.6 Å². The maximum absolute atomic E-state index is 12.2. The summed E-state index contributed by atoms with van der Waals surface area (Å²) in [5.74, 6) is -0.0717. The van der Waals surface area contributed by atoms with Gasteiger partial charge in [-0.05, 0) is 41.3 Å². The number of amides is 1. The lowest BCUT2D eigenvalue weighted by Crippen LogP contribution is -2.25.